The molecule has 0 saturated heterocycles. The Bertz CT molecular complexity index is 1320. The van der Waals surface area contributed by atoms with Crippen LogP contribution in [0.4, 0.5) is 5.69 Å². The van der Waals surface area contributed by atoms with Crippen LogP contribution in [0.2, 0.25) is 0 Å². The summed E-state index contributed by atoms with van der Waals surface area (Å²) in [6.45, 7) is 7.83. The molecule has 2 amide bonds. The number of carbonyl (C=O) groups is 2. The Balaban J connectivity index is 1.95. The predicted octanol–water partition coefficient (Wildman–Crippen LogP) is 3.21. The smallest absolute Gasteiger partial charge is 0.291 e. The van der Waals surface area contributed by atoms with Crippen LogP contribution in [0, 0.1) is 0 Å². The van der Waals surface area contributed by atoms with E-state index in [4.69, 9.17) is 4.42 Å². The van der Waals surface area contributed by atoms with Gasteiger partial charge in [-0.15, -0.1) is 13.2 Å². The van der Waals surface area contributed by atoms with E-state index in [1.54, 1.807) is 53.5 Å². The second kappa shape index (κ2) is 6.29. The molecule has 0 N–H and O–H groups in total. The van der Waals surface area contributed by atoms with Crippen LogP contribution in [0.3, 0.4) is 0 Å². The lowest BCUT2D eigenvalue weighted by molar-refractivity contribution is -0.125. The van der Waals surface area contributed by atoms with Crippen LogP contribution < -0.4 is 10.3 Å². The second-order valence-electron chi connectivity index (χ2n) is 7.27. The van der Waals surface area contributed by atoms with Gasteiger partial charge in [0.2, 0.25) is 5.76 Å². The first kappa shape index (κ1) is 18.1. The molecule has 0 aliphatic carbocycles. The molecule has 1 aromatic heterocycles. The number of carbonyl (C=O) groups excluding carboxylic acids is 2. The van der Waals surface area contributed by atoms with E-state index in [0.717, 1.165) is 0 Å². The number of para-hydroxylation sites is 2. The molecule has 0 saturated carbocycles. The van der Waals surface area contributed by atoms with Crippen molar-refractivity contribution in [3.05, 3.63) is 101 Å². The number of benzene rings is 2. The van der Waals surface area contributed by atoms with Gasteiger partial charge in [-0.3, -0.25) is 14.4 Å². The molecular weight excluding hydrogens is 380 g/mol. The Hall–Kier alpha value is -3.93. The molecule has 5 rings (SSSR count). The topological polar surface area (TPSA) is 70.8 Å². The van der Waals surface area contributed by atoms with Crippen LogP contribution in [0.5, 0.6) is 0 Å². The molecule has 30 heavy (non-hydrogen) atoms. The van der Waals surface area contributed by atoms with Gasteiger partial charge >= 0.3 is 0 Å². The first-order chi connectivity index (χ1) is 14.6. The quantitative estimate of drug-likeness (QED) is 0.633. The number of nitrogens with zero attached hydrogens (tertiary/aromatic N) is 2. The SMILES string of the molecule is C=CCN1C(=O)C2(c3ccccc31)c1c(oc3ccccc3c1=O)C(=O)N2CC=C. The van der Waals surface area contributed by atoms with Crippen molar-refractivity contribution in [2.45, 2.75) is 5.54 Å². The molecule has 1 atom stereocenters. The van der Waals surface area contributed by atoms with Gasteiger partial charge < -0.3 is 14.2 Å². The predicted molar refractivity (Wildman–Crippen MR) is 113 cm³/mol. The second-order valence-corrected chi connectivity index (χ2v) is 7.27. The molecule has 1 unspecified atom stereocenters. The lowest BCUT2D eigenvalue weighted by Crippen LogP contribution is -2.53. The molecule has 3 aromatic rings. The Kier molecular flexibility index (Phi) is 3.80. The minimum Gasteiger partial charge on any atom is -0.450 e. The van der Waals surface area contributed by atoms with Gasteiger partial charge in [0.05, 0.1) is 16.6 Å². The summed E-state index contributed by atoms with van der Waals surface area (Å²) in [5, 5.41) is 0.330. The van der Waals surface area contributed by atoms with Gasteiger partial charge in [-0.25, -0.2) is 0 Å². The molecule has 0 fully saturated rings. The molecule has 0 radical (unpaired) electrons. The van der Waals surface area contributed by atoms with Crippen molar-refractivity contribution in [2.75, 3.05) is 18.0 Å². The molecule has 148 valence electrons. The minimum absolute atomic E-state index is 0.0667. The number of hydrogen-bond acceptors (Lipinski definition) is 4. The highest BCUT2D eigenvalue weighted by atomic mass is 16.3. The van der Waals surface area contributed by atoms with Crippen LogP contribution in [-0.2, 0) is 10.3 Å². The molecule has 6 nitrogen and oxygen atoms in total. The fourth-order valence-electron chi connectivity index (χ4n) is 4.63. The van der Waals surface area contributed by atoms with E-state index in [1.807, 2.05) is 12.1 Å². The van der Waals surface area contributed by atoms with Crippen LogP contribution in [0.25, 0.3) is 11.0 Å². The van der Waals surface area contributed by atoms with Gasteiger partial charge in [-0.05, 0) is 18.2 Å². The van der Waals surface area contributed by atoms with Gasteiger partial charge in [0.1, 0.15) is 5.58 Å². The largest absolute Gasteiger partial charge is 0.450 e. The summed E-state index contributed by atoms with van der Waals surface area (Å²) < 4.78 is 5.90. The third-order valence-corrected chi connectivity index (χ3v) is 5.77. The Labute approximate surface area is 172 Å². The van der Waals surface area contributed by atoms with E-state index in [9.17, 15) is 14.4 Å². The summed E-state index contributed by atoms with van der Waals surface area (Å²) in [6.07, 6.45) is 3.16. The molecule has 6 heteroatoms. The third-order valence-electron chi connectivity index (χ3n) is 5.77. The number of amides is 2. The zero-order valence-corrected chi connectivity index (χ0v) is 16.1. The molecule has 2 aromatic carbocycles. The average molecular weight is 398 g/mol. The fraction of sp³-hybridized carbons (Fsp3) is 0.125. The first-order valence-electron chi connectivity index (χ1n) is 9.59. The molecule has 0 bridgehead atoms. The van der Waals surface area contributed by atoms with E-state index in [-0.39, 0.29) is 35.7 Å². The number of anilines is 1. The normalized spacial score (nSPS) is 19.5. The fourth-order valence-corrected chi connectivity index (χ4v) is 4.63. The van der Waals surface area contributed by atoms with Crippen molar-refractivity contribution in [3.8, 4) is 0 Å². The van der Waals surface area contributed by atoms with Crippen LogP contribution in [0.1, 0.15) is 21.7 Å². The van der Waals surface area contributed by atoms with Gasteiger partial charge in [-0.2, -0.15) is 0 Å². The summed E-state index contributed by atoms with van der Waals surface area (Å²) in [5.74, 6) is -0.972. The highest BCUT2D eigenvalue weighted by Crippen LogP contribution is 2.52. The van der Waals surface area contributed by atoms with E-state index in [2.05, 4.69) is 13.2 Å². The van der Waals surface area contributed by atoms with Crippen molar-refractivity contribution in [1.82, 2.24) is 4.90 Å². The third kappa shape index (κ3) is 2.00. The van der Waals surface area contributed by atoms with Crippen molar-refractivity contribution < 1.29 is 14.0 Å². The highest BCUT2D eigenvalue weighted by Gasteiger charge is 2.64. The lowest BCUT2D eigenvalue weighted by atomic mass is 9.84. The molecule has 1 spiro atoms. The van der Waals surface area contributed by atoms with E-state index >= 15 is 0 Å². The maximum atomic E-state index is 13.9. The Morgan fingerprint density at radius 1 is 0.933 bits per heavy atom. The van der Waals surface area contributed by atoms with Crippen molar-refractivity contribution >= 4 is 28.5 Å². The summed E-state index contributed by atoms with van der Waals surface area (Å²) >= 11 is 0. The molecule has 2 aliphatic rings. The van der Waals surface area contributed by atoms with E-state index in [1.165, 1.54) is 4.90 Å². The Morgan fingerprint density at radius 3 is 2.40 bits per heavy atom. The number of fused-ring (bicyclic) bond motifs is 5. The minimum atomic E-state index is -1.59. The number of rotatable bonds is 4. The van der Waals surface area contributed by atoms with Crippen molar-refractivity contribution in [1.29, 1.82) is 0 Å². The zero-order chi connectivity index (χ0) is 21.0. The van der Waals surface area contributed by atoms with Gasteiger partial charge in [0.15, 0.2) is 11.0 Å². The summed E-state index contributed by atoms with van der Waals surface area (Å²) in [4.78, 5) is 43.9. The maximum absolute atomic E-state index is 13.9. The summed E-state index contributed by atoms with van der Waals surface area (Å²) in [6, 6.07) is 13.9. The molecule has 3 heterocycles. The standard InChI is InChI=1S/C24H18N2O4/c1-3-13-25-17-11-7-6-10-16(17)24(23(25)29)19-20(27)15-9-5-8-12-18(15)30-21(19)22(28)26(24)14-4-2/h3-12H,1-2,13-14H2. The highest BCUT2D eigenvalue weighted by molar-refractivity contribution is 6.17. The summed E-state index contributed by atoms with van der Waals surface area (Å²) in [5.41, 5.74) is -0.373. The van der Waals surface area contributed by atoms with E-state index in [0.29, 0.717) is 22.2 Å². The van der Waals surface area contributed by atoms with Crippen molar-refractivity contribution in [2.24, 2.45) is 0 Å². The van der Waals surface area contributed by atoms with Crippen molar-refractivity contribution in [3.63, 3.8) is 0 Å². The first-order valence-corrected chi connectivity index (χ1v) is 9.59. The molecular formula is C24H18N2O4. The zero-order valence-electron chi connectivity index (χ0n) is 16.1. The monoisotopic (exact) mass is 398 g/mol. The van der Waals surface area contributed by atoms with Gasteiger partial charge in [0, 0.05) is 18.7 Å². The van der Waals surface area contributed by atoms with Crippen LogP contribution in [0.15, 0.2) is 83.1 Å². The maximum Gasteiger partial charge on any atom is 0.291 e. The number of hydrogen-bond donors (Lipinski definition) is 0. The van der Waals surface area contributed by atoms with Crippen LogP contribution in [-0.4, -0.2) is 29.8 Å². The van der Waals surface area contributed by atoms with Crippen LogP contribution >= 0.6 is 0 Å². The van der Waals surface area contributed by atoms with E-state index < -0.39 is 11.4 Å². The van der Waals surface area contributed by atoms with Gasteiger partial charge in [-0.1, -0.05) is 42.5 Å². The molecule has 2 aliphatic heterocycles. The average Bonchev–Trinajstić information content (AvgIpc) is 3.15. The van der Waals surface area contributed by atoms with Gasteiger partial charge in [0.25, 0.3) is 11.8 Å². The lowest BCUT2D eigenvalue weighted by Gasteiger charge is -2.33. The summed E-state index contributed by atoms with van der Waals surface area (Å²) in [7, 11) is 0. The Morgan fingerprint density at radius 2 is 1.63 bits per heavy atom.